The molecule has 0 aliphatic carbocycles. The number of hydrogen-bond donors (Lipinski definition) is 1. The molecule has 0 saturated heterocycles. The number of nitrogens with zero attached hydrogens (tertiary/aromatic N) is 3. The van der Waals surface area contributed by atoms with E-state index < -0.39 is 5.91 Å². The second-order valence-corrected chi connectivity index (χ2v) is 4.81. The highest BCUT2D eigenvalue weighted by molar-refractivity contribution is 5.92. The predicted octanol–water partition coefficient (Wildman–Crippen LogP) is 2.08. The molecule has 0 saturated carbocycles. The van der Waals surface area contributed by atoms with Crippen LogP contribution in [0.15, 0.2) is 24.3 Å². The van der Waals surface area contributed by atoms with Gasteiger partial charge in [-0.15, -0.1) is 5.10 Å². The topological polar surface area (TPSA) is 90.9 Å². The van der Waals surface area contributed by atoms with Crippen molar-refractivity contribution < 1.29 is 9.59 Å². The van der Waals surface area contributed by atoms with E-state index in [-0.39, 0.29) is 5.92 Å². The van der Waals surface area contributed by atoms with Crippen molar-refractivity contribution in [3.8, 4) is 5.69 Å². The molecular weight excluding hydrogens is 268 g/mol. The van der Waals surface area contributed by atoms with Crippen LogP contribution in [0.3, 0.4) is 0 Å². The number of amides is 1. The molecular formula is C15H18N4O2. The standard InChI is InChI=1S/C15H18N4O2/c1-3-10(4-2)14-13(9-20)17-18-19(14)12-7-5-11(6-8-12)15(16)21/h5-10H,3-4H2,1-2H3,(H2,16,21). The van der Waals surface area contributed by atoms with Crippen LogP contribution in [-0.4, -0.2) is 27.2 Å². The molecule has 110 valence electrons. The van der Waals surface area contributed by atoms with Crippen LogP contribution in [-0.2, 0) is 0 Å². The maximum absolute atomic E-state index is 11.2. The molecule has 2 aromatic rings. The quantitative estimate of drug-likeness (QED) is 0.823. The lowest BCUT2D eigenvalue weighted by Crippen LogP contribution is -2.12. The minimum atomic E-state index is -0.478. The fourth-order valence-electron chi connectivity index (χ4n) is 2.40. The van der Waals surface area contributed by atoms with Gasteiger partial charge < -0.3 is 5.73 Å². The van der Waals surface area contributed by atoms with Crippen LogP contribution in [0.5, 0.6) is 0 Å². The highest BCUT2D eigenvalue weighted by Crippen LogP contribution is 2.26. The lowest BCUT2D eigenvalue weighted by atomic mass is 9.97. The molecule has 0 bridgehead atoms. The number of carbonyl (C=O) groups is 2. The summed E-state index contributed by atoms with van der Waals surface area (Å²) in [4.78, 5) is 22.3. The van der Waals surface area contributed by atoms with E-state index in [0.29, 0.717) is 11.3 Å². The van der Waals surface area contributed by atoms with Crippen LogP contribution in [0, 0.1) is 0 Å². The average Bonchev–Trinajstić information content (AvgIpc) is 2.92. The van der Waals surface area contributed by atoms with Crippen molar-refractivity contribution in [3.05, 3.63) is 41.2 Å². The maximum Gasteiger partial charge on any atom is 0.248 e. The summed E-state index contributed by atoms with van der Waals surface area (Å²) < 4.78 is 1.66. The number of aromatic nitrogens is 3. The zero-order valence-corrected chi connectivity index (χ0v) is 12.1. The predicted molar refractivity (Wildman–Crippen MR) is 78.6 cm³/mol. The molecule has 1 aromatic heterocycles. The van der Waals surface area contributed by atoms with E-state index in [1.807, 2.05) is 0 Å². The second-order valence-electron chi connectivity index (χ2n) is 4.81. The molecule has 1 heterocycles. The van der Waals surface area contributed by atoms with Crippen LogP contribution in [0.1, 0.15) is 59.1 Å². The third-order valence-corrected chi connectivity index (χ3v) is 3.61. The Morgan fingerprint density at radius 1 is 1.29 bits per heavy atom. The van der Waals surface area contributed by atoms with Gasteiger partial charge in [-0.05, 0) is 37.1 Å². The summed E-state index contributed by atoms with van der Waals surface area (Å²) in [5.41, 5.74) is 7.58. The average molecular weight is 286 g/mol. The first-order valence-electron chi connectivity index (χ1n) is 6.93. The van der Waals surface area contributed by atoms with Gasteiger partial charge in [0.05, 0.1) is 11.4 Å². The minimum Gasteiger partial charge on any atom is -0.366 e. The first-order chi connectivity index (χ1) is 10.1. The SMILES string of the molecule is CCC(CC)c1c(C=O)nnn1-c1ccc(C(N)=O)cc1. The number of hydrogen-bond acceptors (Lipinski definition) is 4. The van der Waals surface area contributed by atoms with Crippen molar-refractivity contribution in [2.75, 3.05) is 0 Å². The van der Waals surface area contributed by atoms with Gasteiger partial charge in [0, 0.05) is 11.5 Å². The number of nitrogens with two attached hydrogens (primary N) is 1. The minimum absolute atomic E-state index is 0.205. The Balaban J connectivity index is 2.50. The summed E-state index contributed by atoms with van der Waals surface area (Å²) >= 11 is 0. The van der Waals surface area contributed by atoms with Crippen molar-refractivity contribution in [2.24, 2.45) is 5.73 Å². The van der Waals surface area contributed by atoms with Gasteiger partial charge in [-0.3, -0.25) is 9.59 Å². The zero-order chi connectivity index (χ0) is 15.4. The van der Waals surface area contributed by atoms with Gasteiger partial charge in [-0.1, -0.05) is 19.1 Å². The molecule has 6 heteroatoms. The Hall–Kier alpha value is -2.50. The van der Waals surface area contributed by atoms with Gasteiger partial charge in [0.25, 0.3) is 0 Å². The number of rotatable bonds is 6. The molecule has 1 amide bonds. The normalized spacial score (nSPS) is 10.8. The summed E-state index contributed by atoms with van der Waals surface area (Å²) in [6, 6.07) is 6.76. The Labute approximate surface area is 123 Å². The monoisotopic (exact) mass is 286 g/mol. The molecule has 2 N–H and O–H groups in total. The van der Waals surface area contributed by atoms with Crippen LogP contribution in [0.4, 0.5) is 0 Å². The Bertz CT molecular complexity index is 642. The van der Waals surface area contributed by atoms with Gasteiger partial charge >= 0.3 is 0 Å². The molecule has 21 heavy (non-hydrogen) atoms. The van der Waals surface area contributed by atoms with Crippen molar-refractivity contribution in [1.29, 1.82) is 0 Å². The van der Waals surface area contributed by atoms with Crippen molar-refractivity contribution in [3.63, 3.8) is 0 Å². The zero-order valence-electron chi connectivity index (χ0n) is 12.1. The molecule has 0 atom stereocenters. The molecule has 6 nitrogen and oxygen atoms in total. The highest BCUT2D eigenvalue weighted by Gasteiger charge is 2.20. The summed E-state index contributed by atoms with van der Waals surface area (Å²) in [6.45, 7) is 4.13. The van der Waals surface area contributed by atoms with E-state index >= 15 is 0 Å². The lowest BCUT2D eigenvalue weighted by molar-refractivity contribution is 0.1000. The fraction of sp³-hybridized carbons (Fsp3) is 0.333. The van der Waals surface area contributed by atoms with Gasteiger partial charge in [-0.25, -0.2) is 4.68 Å². The van der Waals surface area contributed by atoms with Crippen molar-refractivity contribution >= 4 is 12.2 Å². The van der Waals surface area contributed by atoms with E-state index in [2.05, 4.69) is 24.2 Å². The van der Waals surface area contributed by atoms with Gasteiger partial charge in [-0.2, -0.15) is 0 Å². The Morgan fingerprint density at radius 2 is 1.90 bits per heavy atom. The summed E-state index contributed by atoms with van der Waals surface area (Å²) in [6.07, 6.45) is 2.52. The lowest BCUT2D eigenvalue weighted by Gasteiger charge is -2.15. The third-order valence-electron chi connectivity index (χ3n) is 3.61. The maximum atomic E-state index is 11.2. The molecule has 0 aliphatic rings. The molecule has 0 spiro atoms. The van der Waals surface area contributed by atoms with Crippen molar-refractivity contribution in [2.45, 2.75) is 32.6 Å². The third kappa shape index (κ3) is 2.84. The van der Waals surface area contributed by atoms with Crippen LogP contribution >= 0.6 is 0 Å². The molecule has 1 aromatic carbocycles. The first-order valence-corrected chi connectivity index (χ1v) is 6.93. The molecule has 0 unspecified atom stereocenters. The number of aldehydes is 1. The number of benzene rings is 1. The van der Waals surface area contributed by atoms with E-state index in [9.17, 15) is 9.59 Å². The van der Waals surface area contributed by atoms with Gasteiger partial charge in [0.2, 0.25) is 5.91 Å². The summed E-state index contributed by atoms with van der Waals surface area (Å²) in [5.74, 6) is -0.273. The summed E-state index contributed by atoms with van der Waals surface area (Å²) in [5, 5.41) is 8.01. The largest absolute Gasteiger partial charge is 0.366 e. The molecule has 0 radical (unpaired) electrons. The Morgan fingerprint density at radius 3 is 2.38 bits per heavy atom. The molecule has 2 rings (SSSR count). The van der Waals surface area contributed by atoms with E-state index in [4.69, 9.17) is 5.73 Å². The van der Waals surface area contributed by atoms with E-state index in [1.54, 1.807) is 28.9 Å². The smallest absolute Gasteiger partial charge is 0.248 e. The fourth-order valence-corrected chi connectivity index (χ4v) is 2.40. The van der Waals surface area contributed by atoms with E-state index in [1.165, 1.54) is 0 Å². The molecule has 0 fully saturated rings. The van der Waals surface area contributed by atoms with Crippen LogP contribution in [0.2, 0.25) is 0 Å². The van der Waals surface area contributed by atoms with E-state index in [0.717, 1.165) is 30.5 Å². The van der Waals surface area contributed by atoms with Gasteiger partial charge in [0.1, 0.15) is 5.69 Å². The van der Waals surface area contributed by atoms with Gasteiger partial charge in [0.15, 0.2) is 6.29 Å². The Kier molecular flexibility index (Phi) is 4.47. The number of carbonyl (C=O) groups excluding carboxylic acids is 2. The van der Waals surface area contributed by atoms with Crippen LogP contribution < -0.4 is 5.73 Å². The van der Waals surface area contributed by atoms with Crippen molar-refractivity contribution in [1.82, 2.24) is 15.0 Å². The number of primary amides is 1. The summed E-state index contributed by atoms with van der Waals surface area (Å²) in [7, 11) is 0. The molecule has 0 aliphatic heterocycles. The van der Waals surface area contributed by atoms with Crippen LogP contribution in [0.25, 0.3) is 5.69 Å². The second kappa shape index (κ2) is 6.30. The first kappa shape index (κ1) is 14.9. The highest BCUT2D eigenvalue weighted by atomic mass is 16.1.